The van der Waals surface area contributed by atoms with Crippen molar-refractivity contribution >= 4 is 0 Å². The Labute approximate surface area is 87.6 Å². The van der Waals surface area contributed by atoms with Crippen LogP contribution in [0.4, 0.5) is 0 Å². The lowest BCUT2D eigenvalue weighted by Gasteiger charge is -2.20. The Bertz CT molecular complexity index is 429. The van der Waals surface area contributed by atoms with Crippen LogP contribution in [0.15, 0.2) is 25.0 Å². The zero-order chi connectivity index (χ0) is 9.88. The van der Waals surface area contributed by atoms with Crippen molar-refractivity contribution in [2.75, 3.05) is 0 Å². The van der Waals surface area contributed by atoms with Crippen LogP contribution in [-0.4, -0.2) is 19.1 Å². The highest BCUT2D eigenvalue weighted by atomic mass is 15.1. The third kappa shape index (κ3) is 0.914. The molecule has 0 amide bonds. The van der Waals surface area contributed by atoms with Crippen LogP contribution in [-0.2, 0) is 25.9 Å². The maximum atomic E-state index is 4.18. The number of rotatable bonds is 0. The monoisotopic (exact) mass is 200 g/mol. The Morgan fingerprint density at radius 1 is 0.933 bits per heavy atom. The van der Waals surface area contributed by atoms with E-state index in [2.05, 4.69) is 19.1 Å². The van der Waals surface area contributed by atoms with Gasteiger partial charge in [-0.2, -0.15) is 0 Å². The first-order valence-corrected chi connectivity index (χ1v) is 5.33. The molecule has 4 nitrogen and oxygen atoms in total. The van der Waals surface area contributed by atoms with Crippen molar-refractivity contribution in [3.8, 4) is 0 Å². The predicted molar refractivity (Wildman–Crippen MR) is 54.3 cm³/mol. The number of fused-ring (bicyclic) bond motifs is 2. The van der Waals surface area contributed by atoms with Gasteiger partial charge in [0, 0.05) is 42.3 Å². The van der Waals surface area contributed by atoms with Crippen LogP contribution >= 0.6 is 0 Å². The van der Waals surface area contributed by atoms with Gasteiger partial charge < -0.3 is 9.13 Å². The van der Waals surface area contributed by atoms with E-state index in [-0.39, 0.29) is 0 Å². The van der Waals surface area contributed by atoms with Gasteiger partial charge in [0.2, 0.25) is 0 Å². The molecule has 4 rings (SSSR count). The Morgan fingerprint density at radius 3 is 1.93 bits per heavy atom. The fraction of sp³-hybridized carbons (Fsp3) is 0.455. The molecule has 4 heterocycles. The SMILES string of the molecule is c1ncn2c1CC1(Cc3cncn3C1)C2. The summed E-state index contributed by atoms with van der Waals surface area (Å²) < 4.78 is 4.58. The van der Waals surface area contributed by atoms with Crippen molar-refractivity contribution in [3.63, 3.8) is 0 Å². The van der Waals surface area contributed by atoms with E-state index in [0.717, 1.165) is 25.9 Å². The van der Waals surface area contributed by atoms with Gasteiger partial charge in [0.15, 0.2) is 0 Å². The fourth-order valence-corrected chi connectivity index (χ4v) is 3.10. The zero-order valence-corrected chi connectivity index (χ0v) is 8.43. The summed E-state index contributed by atoms with van der Waals surface area (Å²) in [7, 11) is 0. The Kier molecular flexibility index (Phi) is 1.19. The molecule has 76 valence electrons. The standard InChI is InChI=1S/C11H12N4/c1-9-3-12-7-14(9)5-11(1)2-10-4-13-8-15(10)6-11/h3-4,7-8H,1-2,5-6H2. The van der Waals surface area contributed by atoms with Crippen LogP contribution in [0.3, 0.4) is 0 Å². The van der Waals surface area contributed by atoms with Crippen molar-refractivity contribution < 1.29 is 0 Å². The van der Waals surface area contributed by atoms with Crippen LogP contribution in [0.2, 0.25) is 0 Å². The smallest absolute Gasteiger partial charge is 0.0948 e. The van der Waals surface area contributed by atoms with Gasteiger partial charge in [-0.25, -0.2) is 9.97 Å². The lowest BCUT2D eigenvalue weighted by molar-refractivity contribution is 0.273. The van der Waals surface area contributed by atoms with Crippen molar-refractivity contribution in [2.24, 2.45) is 5.41 Å². The molecule has 2 aromatic heterocycles. The lowest BCUT2D eigenvalue weighted by atomic mass is 9.84. The number of aromatic nitrogens is 4. The molecule has 0 saturated carbocycles. The first-order valence-electron chi connectivity index (χ1n) is 5.33. The van der Waals surface area contributed by atoms with Gasteiger partial charge in [-0.05, 0) is 12.8 Å². The van der Waals surface area contributed by atoms with Crippen LogP contribution in [0.1, 0.15) is 11.4 Å². The Morgan fingerprint density at radius 2 is 1.47 bits per heavy atom. The molecule has 15 heavy (non-hydrogen) atoms. The van der Waals surface area contributed by atoms with Gasteiger partial charge in [-0.1, -0.05) is 0 Å². The molecule has 0 bridgehead atoms. The highest BCUT2D eigenvalue weighted by Gasteiger charge is 2.42. The Balaban J connectivity index is 1.72. The van der Waals surface area contributed by atoms with Crippen molar-refractivity contribution in [1.82, 2.24) is 19.1 Å². The molecule has 0 radical (unpaired) electrons. The second-order valence-corrected chi connectivity index (χ2v) is 4.88. The quantitative estimate of drug-likeness (QED) is 0.633. The number of hydrogen-bond acceptors (Lipinski definition) is 2. The molecular weight excluding hydrogens is 188 g/mol. The molecule has 2 aromatic rings. The first kappa shape index (κ1) is 7.68. The molecule has 2 aliphatic heterocycles. The van der Waals surface area contributed by atoms with Gasteiger partial charge in [0.25, 0.3) is 0 Å². The average molecular weight is 200 g/mol. The normalized spacial score (nSPS) is 20.8. The van der Waals surface area contributed by atoms with E-state index < -0.39 is 0 Å². The summed E-state index contributed by atoms with van der Waals surface area (Å²) in [5.74, 6) is 0. The Hall–Kier alpha value is -1.58. The molecule has 1 spiro atoms. The minimum Gasteiger partial charge on any atom is -0.334 e. The predicted octanol–water partition coefficient (Wildman–Crippen LogP) is 0.878. The average Bonchev–Trinajstić information content (AvgIpc) is 2.84. The van der Waals surface area contributed by atoms with Gasteiger partial charge in [-0.15, -0.1) is 0 Å². The van der Waals surface area contributed by atoms with Crippen LogP contribution < -0.4 is 0 Å². The minimum absolute atomic E-state index is 0.413. The molecule has 2 aliphatic rings. The summed E-state index contributed by atoms with van der Waals surface area (Å²) in [5, 5.41) is 0. The second kappa shape index (κ2) is 2.32. The molecule has 0 atom stereocenters. The third-order valence-corrected chi connectivity index (χ3v) is 3.72. The van der Waals surface area contributed by atoms with Gasteiger partial charge >= 0.3 is 0 Å². The van der Waals surface area contributed by atoms with E-state index in [1.165, 1.54) is 11.4 Å². The molecule has 4 heteroatoms. The van der Waals surface area contributed by atoms with Gasteiger partial charge in [-0.3, -0.25) is 0 Å². The number of imidazole rings is 2. The summed E-state index contributed by atoms with van der Waals surface area (Å²) in [4.78, 5) is 8.36. The van der Waals surface area contributed by atoms with Crippen LogP contribution in [0.5, 0.6) is 0 Å². The van der Waals surface area contributed by atoms with Crippen LogP contribution in [0, 0.1) is 5.41 Å². The lowest BCUT2D eigenvalue weighted by Crippen LogP contribution is -2.24. The molecule has 0 aliphatic carbocycles. The second-order valence-electron chi connectivity index (χ2n) is 4.88. The summed E-state index contributed by atoms with van der Waals surface area (Å²) in [6.45, 7) is 2.23. The highest BCUT2D eigenvalue weighted by molar-refractivity contribution is 5.17. The van der Waals surface area contributed by atoms with Gasteiger partial charge in [0.05, 0.1) is 12.7 Å². The molecule has 0 N–H and O–H groups in total. The van der Waals surface area contributed by atoms with E-state index in [9.17, 15) is 0 Å². The first-order chi connectivity index (χ1) is 7.35. The van der Waals surface area contributed by atoms with Crippen LogP contribution in [0.25, 0.3) is 0 Å². The number of nitrogens with zero attached hydrogens (tertiary/aromatic N) is 4. The topological polar surface area (TPSA) is 35.6 Å². The van der Waals surface area contributed by atoms with E-state index >= 15 is 0 Å². The summed E-state index contributed by atoms with van der Waals surface area (Å²) in [6.07, 6.45) is 10.2. The van der Waals surface area contributed by atoms with E-state index in [1.807, 2.05) is 25.0 Å². The number of hydrogen-bond donors (Lipinski definition) is 0. The minimum atomic E-state index is 0.413. The summed E-state index contributed by atoms with van der Waals surface area (Å²) >= 11 is 0. The van der Waals surface area contributed by atoms with Crippen molar-refractivity contribution in [3.05, 3.63) is 36.4 Å². The van der Waals surface area contributed by atoms with E-state index in [0.29, 0.717) is 5.41 Å². The van der Waals surface area contributed by atoms with Crippen molar-refractivity contribution in [2.45, 2.75) is 25.9 Å². The molecule has 0 fully saturated rings. The van der Waals surface area contributed by atoms with E-state index in [4.69, 9.17) is 0 Å². The maximum Gasteiger partial charge on any atom is 0.0948 e. The largest absolute Gasteiger partial charge is 0.334 e. The molecule has 0 saturated heterocycles. The molecular formula is C11H12N4. The fourth-order valence-electron chi connectivity index (χ4n) is 3.10. The van der Waals surface area contributed by atoms with Gasteiger partial charge in [0.1, 0.15) is 0 Å². The third-order valence-electron chi connectivity index (χ3n) is 3.72. The summed E-state index contributed by atoms with van der Waals surface area (Å²) in [6, 6.07) is 0. The molecule has 0 aromatic carbocycles. The van der Waals surface area contributed by atoms with Crippen molar-refractivity contribution in [1.29, 1.82) is 0 Å². The van der Waals surface area contributed by atoms with E-state index in [1.54, 1.807) is 0 Å². The summed E-state index contributed by atoms with van der Waals surface area (Å²) in [5.41, 5.74) is 3.18. The highest BCUT2D eigenvalue weighted by Crippen LogP contribution is 2.41. The zero-order valence-electron chi connectivity index (χ0n) is 8.43. The molecule has 0 unspecified atom stereocenters. The maximum absolute atomic E-state index is 4.18.